The van der Waals surface area contributed by atoms with E-state index < -0.39 is 6.67 Å². The average Bonchev–Trinajstić information content (AvgIpc) is 2.38. The fourth-order valence-corrected chi connectivity index (χ4v) is 1.90. The van der Waals surface area contributed by atoms with Crippen LogP contribution in [0.25, 0.3) is 10.8 Å². The van der Waals surface area contributed by atoms with E-state index in [1.807, 2.05) is 30.3 Å². The zero-order chi connectivity index (χ0) is 13.0. The second-order valence-electron chi connectivity index (χ2n) is 4.11. The summed E-state index contributed by atoms with van der Waals surface area (Å²) in [6.45, 7) is 1.37. The van der Waals surface area contributed by atoms with E-state index in [9.17, 15) is 9.18 Å². The van der Waals surface area contributed by atoms with E-state index in [1.165, 1.54) is 6.92 Å². The van der Waals surface area contributed by atoms with E-state index >= 15 is 0 Å². The van der Waals surface area contributed by atoms with E-state index in [0.29, 0.717) is 17.7 Å². The van der Waals surface area contributed by atoms with Crippen LogP contribution in [-0.4, -0.2) is 19.1 Å². The maximum Gasteiger partial charge on any atom is 0.163 e. The Morgan fingerprint density at radius 1 is 1.22 bits per heavy atom. The average molecular weight is 246 g/mol. The van der Waals surface area contributed by atoms with Crippen LogP contribution < -0.4 is 4.74 Å². The highest BCUT2D eigenvalue weighted by atomic mass is 19.1. The Morgan fingerprint density at radius 3 is 2.72 bits per heavy atom. The molecule has 0 spiro atoms. The summed E-state index contributed by atoms with van der Waals surface area (Å²) in [4.78, 5) is 11.6. The van der Waals surface area contributed by atoms with Crippen molar-refractivity contribution in [1.29, 1.82) is 0 Å². The molecule has 0 radical (unpaired) electrons. The molecule has 0 fully saturated rings. The van der Waals surface area contributed by atoms with Gasteiger partial charge in [0.05, 0.1) is 18.8 Å². The Morgan fingerprint density at radius 2 is 2.00 bits per heavy atom. The van der Waals surface area contributed by atoms with Gasteiger partial charge in [-0.15, -0.1) is 0 Å². The van der Waals surface area contributed by atoms with Gasteiger partial charge in [-0.1, -0.05) is 30.3 Å². The lowest BCUT2D eigenvalue weighted by atomic mass is 10.0. The number of carbonyl (C=O) groups is 1. The van der Waals surface area contributed by atoms with Crippen LogP contribution in [0.2, 0.25) is 0 Å². The van der Waals surface area contributed by atoms with Gasteiger partial charge >= 0.3 is 0 Å². The Balaban J connectivity index is 2.48. The lowest BCUT2D eigenvalue weighted by Crippen LogP contribution is -2.04. The monoisotopic (exact) mass is 246 g/mol. The minimum absolute atomic E-state index is 0.0454. The highest BCUT2D eigenvalue weighted by Gasteiger charge is 2.12. The summed E-state index contributed by atoms with van der Waals surface area (Å²) in [5.74, 6) is 0.519. The SMILES string of the molecule is CC(=O)c1ccc2ccccc2c1OCCCF. The van der Waals surface area contributed by atoms with Crippen LogP contribution in [0.5, 0.6) is 5.75 Å². The molecule has 0 aliphatic rings. The van der Waals surface area contributed by atoms with Crippen molar-refractivity contribution in [2.24, 2.45) is 0 Å². The molecular weight excluding hydrogens is 231 g/mol. The van der Waals surface area contributed by atoms with E-state index in [4.69, 9.17) is 4.74 Å². The molecule has 0 atom stereocenters. The van der Waals surface area contributed by atoms with Crippen LogP contribution in [0.3, 0.4) is 0 Å². The number of benzene rings is 2. The highest BCUT2D eigenvalue weighted by Crippen LogP contribution is 2.30. The van der Waals surface area contributed by atoms with Crippen molar-refractivity contribution in [3.05, 3.63) is 42.0 Å². The van der Waals surface area contributed by atoms with Gasteiger partial charge in [0.2, 0.25) is 0 Å². The number of hydrogen-bond acceptors (Lipinski definition) is 2. The van der Waals surface area contributed by atoms with E-state index in [1.54, 1.807) is 6.07 Å². The molecule has 2 aromatic carbocycles. The van der Waals surface area contributed by atoms with Gasteiger partial charge in [-0.25, -0.2) is 0 Å². The standard InChI is InChI=1S/C15H15FO2/c1-11(17)13-8-7-12-5-2-3-6-14(12)15(13)18-10-4-9-16/h2-3,5-8H,4,9-10H2,1H3. The molecule has 0 saturated carbocycles. The Labute approximate surface area is 105 Å². The van der Waals surface area contributed by atoms with Crippen molar-refractivity contribution in [3.8, 4) is 5.75 Å². The molecule has 0 N–H and O–H groups in total. The maximum atomic E-state index is 12.1. The number of ether oxygens (including phenoxy) is 1. The summed E-state index contributed by atoms with van der Waals surface area (Å²) in [6.07, 6.45) is 0.334. The summed E-state index contributed by atoms with van der Waals surface area (Å²) < 4.78 is 17.7. The molecule has 0 aromatic heterocycles. The number of Topliss-reactive ketones (excluding diaryl/α,β-unsaturated/α-hetero) is 1. The van der Waals surface area contributed by atoms with Crippen molar-refractivity contribution >= 4 is 16.6 Å². The van der Waals surface area contributed by atoms with Crippen molar-refractivity contribution in [3.63, 3.8) is 0 Å². The normalized spacial score (nSPS) is 10.6. The van der Waals surface area contributed by atoms with Gasteiger partial charge in [0.1, 0.15) is 5.75 Å². The van der Waals surface area contributed by atoms with Crippen LogP contribution >= 0.6 is 0 Å². The first kappa shape index (κ1) is 12.6. The number of ketones is 1. The predicted molar refractivity (Wildman–Crippen MR) is 70.0 cm³/mol. The second kappa shape index (κ2) is 5.63. The highest BCUT2D eigenvalue weighted by molar-refractivity contribution is 6.03. The van der Waals surface area contributed by atoms with Gasteiger partial charge < -0.3 is 4.74 Å². The van der Waals surface area contributed by atoms with E-state index in [0.717, 1.165) is 10.8 Å². The van der Waals surface area contributed by atoms with Gasteiger partial charge in [0.15, 0.2) is 5.78 Å². The fourth-order valence-electron chi connectivity index (χ4n) is 1.90. The topological polar surface area (TPSA) is 26.3 Å². The molecule has 2 nitrogen and oxygen atoms in total. The predicted octanol–water partition coefficient (Wildman–Crippen LogP) is 3.78. The summed E-state index contributed by atoms with van der Waals surface area (Å²) in [5, 5.41) is 1.90. The zero-order valence-corrected chi connectivity index (χ0v) is 10.3. The third-order valence-corrected chi connectivity index (χ3v) is 2.78. The molecule has 2 aromatic rings. The Kier molecular flexibility index (Phi) is 3.92. The van der Waals surface area contributed by atoms with Gasteiger partial charge in [0, 0.05) is 11.8 Å². The van der Waals surface area contributed by atoms with Gasteiger partial charge in [-0.05, 0) is 18.4 Å². The third kappa shape index (κ3) is 2.50. The molecule has 0 saturated heterocycles. The summed E-state index contributed by atoms with van der Waals surface area (Å²) >= 11 is 0. The van der Waals surface area contributed by atoms with Gasteiger partial charge in [0.25, 0.3) is 0 Å². The maximum absolute atomic E-state index is 12.1. The molecule has 0 bridgehead atoms. The molecule has 0 aliphatic carbocycles. The van der Waals surface area contributed by atoms with Crippen LogP contribution in [0, 0.1) is 0 Å². The van der Waals surface area contributed by atoms with Crippen LogP contribution in [-0.2, 0) is 0 Å². The quantitative estimate of drug-likeness (QED) is 0.592. The molecule has 0 unspecified atom stereocenters. The number of rotatable bonds is 5. The zero-order valence-electron chi connectivity index (χ0n) is 10.3. The summed E-state index contributed by atoms with van der Waals surface area (Å²) in [5.41, 5.74) is 0.549. The largest absolute Gasteiger partial charge is 0.492 e. The smallest absolute Gasteiger partial charge is 0.163 e. The molecule has 3 heteroatoms. The number of alkyl halides is 1. The number of halogens is 1. The van der Waals surface area contributed by atoms with E-state index in [-0.39, 0.29) is 12.4 Å². The third-order valence-electron chi connectivity index (χ3n) is 2.78. The molecule has 0 aliphatic heterocycles. The molecule has 94 valence electrons. The minimum atomic E-state index is -0.416. The number of fused-ring (bicyclic) bond motifs is 1. The molecule has 18 heavy (non-hydrogen) atoms. The Hall–Kier alpha value is -1.90. The molecule has 0 heterocycles. The van der Waals surface area contributed by atoms with Crippen LogP contribution in [0.15, 0.2) is 36.4 Å². The lowest BCUT2D eigenvalue weighted by Gasteiger charge is -2.12. The van der Waals surface area contributed by atoms with Gasteiger partial charge in [-0.3, -0.25) is 9.18 Å². The van der Waals surface area contributed by atoms with Crippen LogP contribution in [0.1, 0.15) is 23.7 Å². The van der Waals surface area contributed by atoms with Gasteiger partial charge in [-0.2, -0.15) is 0 Å². The number of carbonyl (C=O) groups excluding carboxylic acids is 1. The molecular formula is C15H15FO2. The first-order valence-electron chi connectivity index (χ1n) is 5.95. The minimum Gasteiger partial charge on any atom is -0.492 e. The number of hydrogen-bond donors (Lipinski definition) is 0. The van der Waals surface area contributed by atoms with Crippen molar-refractivity contribution < 1.29 is 13.9 Å². The van der Waals surface area contributed by atoms with Crippen molar-refractivity contribution in [2.45, 2.75) is 13.3 Å². The molecule has 0 amide bonds. The molecule has 2 rings (SSSR count). The lowest BCUT2D eigenvalue weighted by molar-refractivity contribution is 0.101. The fraction of sp³-hybridized carbons (Fsp3) is 0.267. The first-order chi connectivity index (χ1) is 8.74. The van der Waals surface area contributed by atoms with Crippen molar-refractivity contribution in [2.75, 3.05) is 13.3 Å². The van der Waals surface area contributed by atoms with E-state index in [2.05, 4.69) is 0 Å². The van der Waals surface area contributed by atoms with Crippen LogP contribution in [0.4, 0.5) is 4.39 Å². The first-order valence-corrected chi connectivity index (χ1v) is 5.95. The second-order valence-corrected chi connectivity index (χ2v) is 4.11. The van der Waals surface area contributed by atoms with Crippen molar-refractivity contribution in [1.82, 2.24) is 0 Å². The summed E-state index contributed by atoms with van der Waals surface area (Å²) in [6, 6.07) is 11.4. The summed E-state index contributed by atoms with van der Waals surface area (Å²) in [7, 11) is 0. The Bertz CT molecular complexity index is 563.